The molecule has 0 saturated heterocycles. The SMILES string of the molecule is OCC=CCSSCC=CCO. The molecule has 0 aromatic carbocycles. The first-order valence-corrected chi connectivity index (χ1v) is 6.16. The standard InChI is InChI=1S/C8H14O2S2/c9-5-1-3-7-11-12-8-4-2-6-10/h1-4,9-10H,5-8H2. The van der Waals surface area contributed by atoms with E-state index in [2.05, 4.69) is 0 Å². The van der Waals surface area contributed by atoms with Gasteiger partial charge in [-0.15, -0.1) is 0 Å². The minimum atomic E-state index is 0.121. The Morgan fingerprint density at radius 1 is 0.750 bits per heavy atom. The highest BCUT2D eigenvalue weighted by atomic mass is 33.1. The Morgan fingerprint density at radius 3 is 1.50 bits per heavy atom. The second kappa shape index (κ2) is 11.1. The molecule has 0 spiro atoms. The minimum Gasteiger partial charge on any atom is -0.392 e. The highest BCUT2D eigenvalue weighted by Gasteiger charge is 1.82. The molecular formula is C8H14O2S2. The van der Waals surface area contributed by atoms with Crippen molar-refractivity contribution in [2.45, 2.75) is 0 Å². The van der Waals surface area contributed by atoms with Crippen LogP contribution in [0, 0.1) is 0 Å². The van der Waals surface area contributed by atoms with Crippen molar-refractivity contribution in [1.29, 1.82) is 0 Å². The van der Waals surface area contributed by atoms with Gasteiger partial charge in [0.1, 0.15) is 0 Å². The van der Waals surface area contributed by atoms with Gasteiger partial charge in [0, 0.05) is 11.5 Å². The third-order valence-corrected chi connectivity index (χ3v) is 3.10. The first-order valence-electron chi connectivity index (χ1n) is 3.68. The molecule has 0 heterocycles. The van der Waals surface area contributed by atoms with Gasteiger partial charge in [-0.25, -0.2) is 0 Å². The molecule has 0 radical (unpaired) electrons. The fourth-order valence-electron chi connectivity index (χ4n) is 0.460. The van der Waals surface area contributed by atoms with Gasteiger partial charge in [0.2, 0.25) is 0 Å². The molecule has 0 aromatic heterocycles. The van der Waals surface area contributed by atoms with Crippen LogP contribution in [0.15, 0.2) is 24.3 Å². The van der Waals surface area contributed by atoms with Gasteiger partial charge in [0.05, 0.1) is 13.2 Å². The van der Waals surface area contributed by atoms with Crippen LogP contribution in [0.5, 0.6) is 0 Å². The van der Waals surface area contributed by atoms with Crippen LogP contribution in [0.2, 0.25) is 0 Å². The molecule has 0 aliphatic rings. The fourth-order valence-corrected chi connectivity index (χ4v) is 2.13. The topological polar surface area (TPSA) is 40.5 Å². The molecule has 0 fully saturated rings. The van der Waals surface area contributed by atoms with Crippen LogP contribution in [0.3, 0.4) is 0 Å². The van der Waals surface area contributed by atoms with Crippen LogP contribution in [-0.4, -0.2) is 34.9 Å². The molecule has 0 amide bonds. The molecule has 0 bridgehead atoms. The lowest BCUT2D eigenvalue weighted by Gasteiger charge is -1.91. The van der Waals surface area contributed by atoms with Gasteiger partial charge in [-0.05, 0) is 0 Å². The predicted octanol–water partition coefficient (Wildman–Crippen LogP) is 1.46. The molecule has 2 N–H and O–H groups in total. The van der Waals surface area contributed by atoms with Crippen LogP contribution in [-0.2, 0) is 0 Å². The molecule has 0 aliphatic carbocycles. The van der Waals surface area contributed by atoms with E-state index in [0.717, 1.165) is 11.5 Å². The smallest absolute Gasteiger partial charge is 0.0612 e. The lowest BCUT2D eigenvalue weighted by molar-refractivity contribution is 0.342. The number of aliphatic hydroxyl groups excluding tert-OH is 2. The number of aliphatic hydroxyl groups is 2. The van der Waals surface area contributed by atoms with Gasteiger partial charge in [-0.1, -0.05) is 45.9 Å². The lowest BCUT2D eigenvalue weighted by atomic mass is 10.6. The maximum atomic E-state index is 8.40. The van der Waals surface area contributed by atoms with Crippen LogP contribution >= 0.6 is 21.6 Å². The first-order chi connectivity index (χ1) is 5.91. The zero-order valence-corrected chi connectivity index (χ0v) is 8.48. The van der Waals surface area contributed by atoms with Crippen molar-refractivity contribution in [1.82, 2.24) is 0 Å². The summed E-state index contributed by atoms with van der Waals surface area (Å²) >= 11 is 0. The van der Waals surface area contributed by atoms with Crippen molar-refractivity contribution in [3.05, 3.63) is 24.3 Å². The third-order valence-electron chi connectivity index (χ3n) is 0.956. The summed E-state index contributed by atoms with van der Waals surface area (Å²) in [4.78, 5) is 0. The second-order valence-electron chi connectivity index (χ2n) is 1.88. The largest absolute Gasteiger partial charge is 0.392 e. The summed E-state index contributed by atoms with van der Waals surface area (Å²) in [5.74, 6) is 1.83. The Morgan fingerprint density at radius 2 is 1.17 bits per heavy atom. The summed E-state index contributed by atoms with van der Waals surface area (Å²) in [6.45, 7) is 0.241. The zero-order valence-electron chi connectivity index (χ0n) is 6.85. The Bertz CT molecular complexity index is 119. The minimum absolute atomic E-state index is 0.121. The summed E-state index contributed by atoms with van der Waals surface area (Å²) < 4.78 is 0. The summed E-state index contributed by atoms with van der Waals surface area (Å²) in [6, 6.07) is 0. The Kier molecular flexibility index (Phi) is 11.2. The van der Waals surface area contributed by atoms with Gasteiger partial charge >= 0.3 is 0 Å². The molecule has 0 rings (SSSR count). The maximum absolute atomic E-state index is 8.40. The van der Waals surface area contributed by atoms with Crippen molar-refractivity contribution >= 4 is 21.6 Å². The van der Waals surface area contributed by atoms with Gasteiger partial charge in [0.15, 0.2) is 0 Å². The van der Waals surface area contributed by atoms with E-state index in [9.17, 15) is 0 Å². The summed E-state index contributed by atoms with van der Waals surface area (Å²) in [6.07, 6.45) is 7.34. The van der Waals surface area contributed by atoms with E-state index >= 15 is 0 Å². The van der Waals surface area contributed by atoms with Crippen molar-refractivity contribution < 1.29 is 10.2 Å². The molecule has 0 aromatic rings. The van der Waals surface area contributed by atoms with Crippen LogP contribution in [0.1, 0.15) is 0 Å². The molecule has 0 unspecified atom stereocenters. The van der Waals surface area contributed by atoms with Crippen LogP contribution in [0.4, 0.5) is 0 Å². The number of rotatable bonds is 7. The summed E-state index contributed by atoms with van der Waals surface area (Å²) in [7, 11) is 3.46. The lowest BCUT2D eigenvalue weighted by Crippen LogP contribution is -1.74. The average molecular weight is 206 g/mol. The molecule has 12 heavy (non-hydrogen) atoms. The van der Waals surface area contributed by atoms with Crippen LogP contribution in [0.25, 0.3) is 0 Å². The predicted molar refractivity (Wildman–Crippen MR) is 57.4 cm³/mol. The second-order valence-corrected chi connectivity index (χ2v) is 4.43. The molecule has 2 nitrogen and oxygen atoms in total. The van der Waals surface area contributed by atoms with E-state index < -0.39 is 0 Å². The Balaban J connectivity index is 3.00. The number of hydrogen-bond donors (Lipinski definition) is 2. The molecule has 0 saturated carbocycles. The van der Waals surface area contributed by atoms with Gasteiger partial charge in [0.25, 0.3) is 0 Å². The van der Waals surface area contributed by atoms with Crippen LogP contribution < -0.4 is 0 Å². The van der Waals surface area contributed by atoms with Gasteiger partial charge in [-0.3, -0.25) is 0 Å². The third kappa shape index (κ3) is 10.1. The molecule has 0 atom stereocenters. The first kappa shape index (κ1) is 12.1. The molecule has 0 aliphatic heterocycles. The van der Waals surface area contributed by atoms with E-state index in [1.807, 2.05) is 12.2 Å². The van der Waals surface area contributed by atoms with Crippen molar-refractivity contribution in [2.75, 3.05) is 24.7 Å². The zero-order chi connectivity index (χ0) is 9.07. The van der Waals surface area contributed by atoms with E-state index in [-0.39, 0.29) is 13.2 Å². The molecule has 70 valence electrons. The highest BCUT2D eigenvalue weighted by molar-refractivity contribution is 8.76. The normalized spacial score (nSPS) is 11.8. The molecule has 4 heteroatoms. The van der Waals surface area contributed by atoms with Crippen molar-refractivity contribution in [3.8, 4) is 0 Å². The molecular weight excluding hydrogens is 192 g/mol. The number of hydrogen-bond acceptors (Lipinski definition) is 4. The van der Waals surface area contributed by atoms with Gasteiger partial charge in [-0.2, -0.15) is 0 Å². The quantitative estimate of drug-likeness (QED) is 0.376. The van der Waals surface area contributed by atoms with E-state index in [4.69, 9.17) is 10.2 Å². The summed E-state index contributed by atoms with van der Waals surface area (Å²) in [5, 5.41) is 16.8. The average Bonchev–Trinajstić information content (AvgIpc) is 2.10. The highest BCUT2D eigenvalue weighted by Crippen LogP contribution is 2.20. The monoisotopic (exact) mass is 206 g/mol. The Labute approximate surface area is 81.1 Å². The van der Waals surface area contributed by atoms with Crippen molar-refractivity contribution in [3.63, 3.8) is 0 Å². The van der Waals surface area contributed by atoms with E-state index in [0.29, 0.717) is 0 Å². The summed E-state index contributed by atoms with van der Waals surface area (Å²) in [5.41, 5.74) is 0. The fraction of sp³-hybridized carbons (Fsp3) is 0.500. The van der Waals surface area contributed by atoms with Crippen molar-refractivity contribution in [2.24, 2.45) is 0 Å². The van der Waals surface area contributed by atoms with E-state index in [1.54, 1.807) is 33.7 Å². The maximum Gasteiger partial charge on any atom is 0.0612 e. The van der Waals surface area contributed by atoms with Gasteiger partial charge < -0.3 is 10.2 Å². The van der Waals surface area contributed by atoms with E-state index in [1.165, 1.54) is 0 Å². The Hall–Kier alpha value is 0.1000.